The minimum atomic E-state index is -4.20. The van der Waals surface area contributed by atoms with Crippen LogP contribution in [0.15, 0.2) is 23.2 Å². The number of aliphatic imine (C=N–C) groups is 1. The number of hydrogen-bond donors (Lipinski definition) is 1. The molecule has 0 spiro atoms. The van der Waals surface area contributed by atoms with Crippen molar-refractivity contribution < 1.29 is 22.6 Å². The Labute approximate surface area is 164 Å². The van der Waals surface area contributed by atoms with Gasteiger partial charge in [0.05, 0.1) is 13.7 Å². The van der Waals surface area contributed by atoms with Gasteiger partial charge in [-0.25, -0.2) is 0 Å². The van der Waals surface area contributed by atoms with Gasteiger partial charge in [0, 0.05) is 39.8 Å². The third-order valence-electron chi connectivity index (χ3n) is 4.83. The third kappa shape index (κ3) is 5.67. The van der Waals surface area contributed by atoms with Crippen molar-refractivity contribution in [3.63, 3.8) is 0 Å². The van der Waals surface area contributed by atoms with Crippen molar-refractivity contribution in [2.75, 3.05) is 46.9 Å². The van der Waals surface area contributed by atoms with Crippen LogP contribution in [0, 0.1) is 0 Å². The maximum Gasteiger partial charge on any atom is 0.403 e. The number of hydrogen-bond acceptors (Lipinski definition) is 4. The molecule has 1 aromatic rings. The quantitative estimate of drug-likeness (QED) is 0.586. The maximum atomic E-state index is 12.9. The molecule has 2 rings (SSSR count). The molecule has 0 aliphatic carbocycles. The van der Waals surface area contributed by atoms with E-state index in [1.807, 2.05) is 30.0 Å². The highest BCUT2D eigenvalue weighted by atomic mass is 19.4. The highest BCUT2D eigenvalue weighted by Crippen LogP contribution is 2.28. The molecule has 158 valence electrons. The van der Waals surface area contributed by atoms with E-state index in [9.17, 15) is 13.2 Å². The summed E-state index contributed by atoms with van der Waals surface area (Å²) >= 11 is 0. The molecular formula is C19H29F3N4O2. The predicted octanol–water partition coefficient (Wildman–Crippen LogP) is 2.74. The van der Waals surface area contributed by atoms with Gasteiger partial charge in [0.15, 0.2) is 17.5 Å². The maximum absolute atomic E-state index is 12.9. The molecule has 1 N–H and O–H groups in total. The van der Waals surface area contributed by atoms with Gasteiger partial charge in [-0.2, -0.15) is 13.2 Å². The van der Waals surface area contributed by atoms with E-state index in [2.05, 4.69) is 10.3 Å². The largest absolute Gasteiger partial charge is 0.493 e. The number of ether oxygens (including phenoxy) is 2. The van der Waals surface area contributed by atoms with E-state index in [1.165, 1.54) is 11.8 Å². The summed E-state index contributed by atoms with van der Waals surface area (Å²) in [6, 6.07) is 4.27. The second-order valence-corrected chi connectivity index (χ2v) is 6.56. The Morgan fingerprint density at radius 2 is 1.89 bits per heavy atom. The molecule has 1 unspecified atom stereocenters. The van der Waals surface area contributed by atoms with Gasteiger partial charge in [0.25, 0.3) is 0 Å². The van der Waals surface area contributed by atoms with Crippen LogP contribution in [0.5, 0.6) is 11.5 Å². The summed E-state index contributed by atoms with van der Waals surface area (Å²) in [5.74, 6) is 2.02. The van der Waals surface area contributed by atoms with Crippen molar-refractivity contribution in [1.29, 1.82) is 0 Å². The first kappa shape index (κ1) is 22.1. The van der Waals surface area contributed by atoms with Gasteiger partial charge < -0.3 is 19.7 Å². The van der Waals surface area contributed by atoms with Crippen LogP contribution < -0.4 is 14.8 Å². The summed E-state index contributed by atoms with van der Waals surface area (Å²) in [5, 5.41) is 3.27. The lowest BCUT2D eigenvalue weighted by Crippen LogP contribution is -2.56. The SMILES string of the molecule is CCOc1ccc(CNC(=NC)N2CCN(C(C)C(F)(F)F)CC2)cc1OC. The zero-order chi connectivity index (χ0) is 20.7. The van der Waals surface area contributed by atoms with Crippen LogP contribution in [-0.4, -0.2) is 74.9 Å². The van der Waals surface area contributed by atoms with Crippen molar-refractivity contribution in [2.45, 2.75) is 32.6 Å². The van der Waals surface area contributed by atoms with E-state index < -0.39 is 12.2 Å². The standard InChI is InChI=1S/C19H29F3N4O2/c1-5-28-16-7-6-15(12-17(16)27-4)13-24-18(23-3)26-10-8-25(9-11-26)14(2)19(20,21)22/h6-7,12,14H,5,8-11,13H2,1-4H3,(H,23,24). The molecule has 0 amide bonds. The van der Waals surface area contributed by atoms with Gasteiger partial charge in [-0.05, 0) is 31.5 Å². The molecule has 0 radical (unpaired) electrons. The lowest BCUT2D eigenvalue weighted by Gasteiger charge is -2.39. The van der Waals surface area contributed by atoms with E-state index in [1.54, 1.807) is 14.2 Å². The number of piperazine rings is 1. The molecule has 1 heterocycles. The number of rotatable bonds is 6. The molecule has 1 atom stereocenters. The molecule has 1 aliphatic rings. The number of benzene rings is 1. The summed E-state index contributed by atoms with van der Waals surface area (Å²) in [4.78, 5) is 7.71. The molecule has 0 bridgehead atoms. The number of alkyl halides is 3. The van der Waals surface area contributed by atoms with Crippen LogP contribution in [0.25, 0.3) is 0 Å². The average molecular weight is 402 g/mol. The molecule has 9 heteroatoms. The average Bonchev–Trinajstić information content (AvgIpc) is 2.68. The van der Waals surface area contributed by atoms with Gasteiger partial charge in [0.2, 0.25) is 0 Å². The smallest absolute Gasteiger partial charge is 0.403 e. The van der Waals surface area contributed by atoms with Gasteiger partial charge in [-0.15, -0.1) is 0 Å². The highest BCUT2D eigenvalue weighted by molar-refractivity contribution is 5.80. The van der Waals surface area contributed by atoms with Gasteiger partial charge in [-0.3, -0.25) is 9.89 Å². The molecule has 1 aromatic carbocycles. The molecule has 1 saturated heterocycles. The highest BCUT2D eigenvalue weighted by Gasteiger charge is 2.41. The van der Waals surface area contributed by atoms with E-state index in [4.69, 9.17) is 9.47 Å². The van der Waals surface area contributed by atoms with Crippen molar-refractivity contribution >= 4 is 5.96 Å². The number of guanidine groups is 1. The molecule has 6 nitrogen and oxygen atoms in total. The fourth-order valence-electron chi connectivity index (χ4n) is 3.14. The molecule has 0 saturated carbocycles. The van der Waals surface area contributed by atoms with Crippen molar-refractivity contribution in [1.82, 2.24) is 15.1 Å². The van der Waals surface area contributed by atoms with Gasteiger partial charge in [0.1, 0.15) is 6.04 Å². The third-order valence-corrected chi connectivity index (χ3v) is 4.83. The first-order valence-electron chi connectivity index (χ1n) is 9.36. The summed E-state index contributed by atoms with van der Waals surface area (Å²) in [5.41, 5.74) is 0.991. The lowest BCUT2D eigenvalue weighted by molar-refractivity contribution is -0.181. The monoisotopic (exact) mass is 402 g/mol. The second-order valence-electron chi connectivity index (χ2n) is 6.56. The molecular weight excluding hydrogens is 373 g/mol. The summed E-state index contributed by atoms with van der Waals surface area (Å²) < 4.78 is 49.6. The summed E-state index contributed by atoms with van der Waals surface area (Å²) in [6.07, 6.45) is -4.20. The van der Waals surface area contributed by atoms with Crippen molar-refractivity contribution in [3.8, 4) is 11.5 Å². The Morgan fingerprint density at radius 3 is 2.43 bits per heavy atom. The normalized spacial score (nSPS) is 17.4. The number of halogens is 3. The van der Waals surface area contributed by atoms with Crippen LogP contribution in [0.3, 0.4) is 0 Å². The number of methoxy groups -OCH3 is 1. The van der Waals surface area contributed by atoms with Crippen LogP contribution >= 0.6 is 0 Å². The number of nitrogens with one attached hydrogen (secondary N) is 1. The van der Waals surface area contributed by atoms with Crippen molar-refractivity contribution in [3.05, 3.63) is 23.8 Å². The van der Waals surface area contributed by atoms with Gasteiger partial charge in [-0.1, -0.05) is 6.07 Å². The zero-order valence-electron chi connectivity index (χ0n) is 16.8. The van der Waals surface area contributed by atoms with E-state index in [0.717, 1.165) is 5.56 Å². The Hall–Kier alpha value is -2.16. The predicted molar refractivity (Wildman–Crippen MR) is 103 cm³/mol. The fraction of sp³-hybridized carbons (Fsp3) is 0.632. The van der Waals surface area contributed by atoms with Crippen LogP contribution in [0.4, 0.5) is 13.2 Å². The molecule has 1 fully saturated rings. The first-order chi connectivity index (χ1) is 13.3. The first-order valence-corrected chi connectivity index (χ1v) is 9.36. The topological polar surface area (TPSA) is 49.3 Å². The number of nitrogens with zero attached hydrogens (tertiary/aromatic N) is 3. The lowest BCUT2D eigenvalue weighted by atomic mass is 10.2. The molecule has 28 heavy (non-hydrogen) atoms. The Kier molecular flexibility index (Phi) is 7.79. The minimum absolute atomic E-state index is 0.345. The Balaban J connectivity index is 1.92. The molecule has 0 aromatic heterocycles. The zero-order valence-corrected chi connectivity index (χ0v) is 16.8. The fourth-order valence-corrected chi connectivity index (χ4v) is 3.14. The second kappa shape index (κ2) is 9.86. The van der Waals surface area contributed by atoms with Gasteiger partial charge >= 0.3 is 6.18 Å². The minimum Gasteiger partial charge on any atom is -0.493 e. The molecule has 1 aliphatic heterocycles. The van der Waals surface area contributed by atoms with E-state index >= 15 is 0 Å². The Bertz CT molecular complexity index is 659. The van der Waals surface area contributed by atoms with Crippen LogP contribution in [-0.2, 0) is 6.54 Å². The van der Waals surface area contributed by atoms with Crippen LogP contribution in [0.1, 0.15) is 19.4 Å². The summed E-state index contributed by atoms with van der Waals surface area (Å²) in [6.45, 7) is 5.88. The van der Waals surface area contributed by atoms with E-state index in [0.29, 0.717) is 56.8 Å². The van der Waals surface area contributed by atoms with Crippen molar-refractivity contribution in [2.24, 2.45) is 4.99 Å². The van der Waals surface area contributed by atoms with E-state index in [-0.39, 0.29) is 0 Å². The summed E-state index contributed by atoms with van der Waals surface area (Å²) in [7, 11) is 3.27. The Morgan fingerprint density at radius 1 is 1.21 bits per heavy atom. The van der Waals surface area contributed by atoms with Crippen LogP contribution in [0.2, 0.25) is 0 Å².